The van der Waals surface area contributed by atoms with Crippen LogP contribution in [-0.4, -0.2) is 48.5 Å². The Morgan fingerprint density at radius 3 is 1.91 bits per heavy atom. The highest BCUT2D eigenvalue weighted by atomic mass is 79.9. The number of halogens is 2. The first-order valence-electron chi connectivity index (χ1n) is 11.7. The second kappa shape index (κ2) is 10.9. The van der Waals surface area contributed by atoms with Crippen LogP contribution in [0.15, 0.2) is 99.9 Å². The van der Waals surface area contributed by atoms with E-state index in [9.17, 15) is 4.79 Å². The average molecular weight is 594 g/mol. The van der Waals surface area contributed by atoms with Crippen LogP contribution in [0.2, 0.25) is 0 Å². The van der Waals surface area contributed by atoms with Crippen molar-refractivity contribution in [3.8, 4) is 5.75 Å². The van der Waals surface area contributed by atoms with Crippen LogP contribution in [0.1, 0.15) is 17.2 Å². The zero-order chi connectivity index (χ0) is 24.2. The van der Waals surface area contributed by atoms with Crippen LogP contribution in [0.3, 0.4) is 0 Å². The number of carbonyl (C=O) groups is 1. The van der Waals surface area contributed by atoms with Gasteiger partial charge in [-0.1, -0.05) is 86.5 Å². The Morgan fingerprint density at radius 1 is 0.743 bits per heavy atom. The fourth-order valence-electron chi connectivity index (χ4n) is 4.63. The molecule has 6 heteroatoms. The first kappa shape index (κ1) is 24.0. The maximum absolute atomic E-state index is 12.9. The zero-order valence-corrected chi connectivity index (χ0v) is 22.4. The molecule has 0 unspecified atom stereocenters. The molecule has 178 valence electrons. The Kier molecular flexibility index (Phi) is 7.51. The largest absolute Gasteiger partial charge is 0.484 e. The minimum atomic E-state index is 0.0293. The van der Waals surface area contributed by atoms with Gasteiger partial charge in [0.1, 0.15) is 5.75 Å². The van der Waals surface area contributed by atoms with Gasteiger partial charge < -0.3 is 9.64 Å². The van der Waals surface area contributed by atoms with Gasteiger partial charge in [0.2, 0.25) is 0 Å². The summed E-state index contributed by atoms with van der Waals surface area (Å²) in [5.74, 6) is 0.753. The first-order chi connectivity index (χ1) is 17.1. The van der Waals surface area contributed by atoms with Crippen molar-refractivity contribution in [1.82, 2.24) is 9.80 Å². The summed E-state index contributed by atoms with van der Waals surface area (Å²) in [7, 11) is 0. The number of ether oxygens (including phenoxy) is 1. The second-order valence-corrected chi connectivity index (χ2v) is 10.6. The fraction of sp³-hybridized carbons (Fsp3) is 0.207. The van der Waals surface area contributed by atoms with Gasteiger partial charge in [-0.05, 0) is 58.3 Å². The standard InChI is InChI=1S/C29H26Br2N2O2/c30-25-10-5-22(6-11-25)29(23-7-12-26(31)13-8-23)33-17-15-32(16-18-33)28(34)20-35-27-14-9-21-3-1-2-4-24(21)19-27/h1-14,19,29H,15-18,20H2. The van der Waals surface area contributed by atoms with Gasteiger partial charge in [0, 0.05) is 35.1 Å². The third-order valence-electron chi connectivity index (χ3n) is 6.49. The van der Waals surface area contributed by atoms with E-state index >= 15 is 0 Å². The third-order valence-corrected chi connectivity index (χ3v) is 7.54. The third kappa shape index (κ3) is 5.77. The summed E-state index contributed by atoms with van der Waals surface area (Å²) in [6, 6.07) is 31.3. The molecule has 0 aromatic heterocycles. The highest BCUT2D eigenvalue weighted by Gasteiger charge is 2.28. The molecule has 1 amide bonds. The van der Waals surface area contributed by atoms with Gasteiger partial charge in [0.25, 0.3) is 5.91 Å². The maximum Gasteiger partial charge on any atom is 0.260 e. The Hall–Kier alpha value is -2.67. The molecule has 4 aromatic carbocycles. The summed E-state index contributed by atoms with van der Waals surface area (Å²) in [5, 5.41) is 2.27. The summed E-state index contributed by atoms with van der Waals surface area (Å²) in [5.41, 5.74) is 2.49. The average Bonchev–Trinajstić information content (AvgIpc) is 2.90. The number of nitrogens with zero attached hydrogens (tertiary/aromatic N) is 2. The van der Waals surface area contributed by atoms with Crippen molar-refractivity contribution < 1.29 is 9.53 Å². The van der Waals surface area contributed by atoms with E-state index in [0.717, 1.165) is 38.6 Å². The number of benzene rings is 4. The molecule has 1 aliphatic rings. The van der Waals surface area contributed by atoms with Gasteiger partial charge >= 0.3 is 0 Å². The summed E-state index contributed by atoms with van der Waals surface area (Å²) in [4.78, 5) is 17.3. The van der Waals surface area contributed by atoms with Crippen molar-refractivity contribution in [2.45, 2.75) is 6.04 Å². The Labute approximate surface area is 222 Å². The van der Waals surface area contributed by atoms with Gasteiger partial charge in [-0.15, -0.1) is 0 Å². The molecule has 0 radical (unpaired) electrons. The topological polar surface area (TPSA) is 32.8 Å². The van der Waals surface area contributed by atoms with Crippen LogP contribution < -0.4 is 4.74 Å². The minimum absolute atomic E-state index is 0.0293. The normalized spacial score (nSPS) is 14.4. The lowest BCUT2D eigenvalue weighted by Gasteiger charge is -2.39. The number of amides is 1. The lowest BCUT2D eigenvalue weighted by atomic mass is 9.96. The summed E-state index contributed by atoms with van der Waals surface area (Å²) >= 11 is 7.10. The number of piperazine rings is 1. The van der Waals surface area contributed by atoms with Crippen molar-refractivity contribution >= 4 is 48.5 Å². The molecule has 1 fully saturated rings. The molecule has 0 spiro atoms. The monoisotopic (exact) mass is 592 g/mol. The summed E-state index contributed by atoms with van der Waals surface area (Å²) in [6.45, 7) is 3.03. The van der Waals surface area contributed by atoms with Gasteiger partial charge in [0.05, 0.1) is 6.04 Å². The predicted molar refractivity (Wildman–Crippen MR) is 148 cm³/mol. The summed E-state index contributed by atoms with van der Waals surface area (Å²) < 4.78 is 7.99. The Bertz CT molecular complexity index is 1260. The van der Waals surface area contributed by atoms with Crippen LogP contribution >= 0.6 is 31.9 Å². The Balaban J connectivity index is 1.23. The molecule has 1 aliphatic heterocycles. The van der Waals surface area contributed by atoms with Crippen LogP contribution in [0.4, 0.5) is 0 Å². The molecule has 4 nitrogen and oxygen atoms in total. The molecule has 0 atom stereocenters. The van der Waals surface area contributed by atoms with E-state index in [1.54, 1.807) is 0 Å². The fourth-order valence-corrected chi connectivity index (χ4v) is 5.16. The van der Waals surface area contributed by atoms with Crippen molar-refractivity contribution in [3.05, 3.63) is 111 Å². The van der Waals surface area contributed by atoms with E-state index in [2.05, 4.69) is 97.4 Å². The van der Waals surface area contributed by atoms with Crippen LogP contribution in [0.25, 0.3) is 10.8 Å². The molecule has 0 bridgehead atoms. The molecular formula is C29H26Br2N2O2. The highest BCUT2D eigenvalue weighted by Crippen LogP contribution is 2.31. The zero-order valence-electron chi connectivity index (χ0n) is 19.2. The molecule has 4 aromatic rings. The predicted octanol–water partition coefficient (Wildman–Crippen LogP) is 6.68. The number of rotatable bonds is 6. The SMILES string of the molecule is O=C(COc1ccc2ccccc2c1)N1CCN(C(c2ccc(Br)cc2)c2ccc(Br)cc2)CC1. The molecule has 1 saturated heterocycles. The first-order valence-corrected chi connectivity index (χ1v) is 13.3. The van der Waals surface area contributed by atoms with Gasteiger partial charge in [0.15, 0.2) is 6.61 Å². The van der Waals surface area contributed by atoms with Crippen LogP contribution in [0.5, 0.6) is 5.75 Å². The van der Waals surface area contributed by atoms with Crippen molar-refractivity contribution in [2.75, 3.05) is 32.8 Å². The maximum atomic E-state index is 12.9. The van der Waals surface area contributed by atoms with Crippen molar-refractivity contribution in [1.29, 1.82) is 0 Å². The van der Waals surface area contributed by atoms with E-state index in [-0.39, 0.29) is 18.6 Å². The number of hydrogen-bond donors (Lipinski definition) is 0. The smallest absolute Gasteiger partial charge is 0.260 e. The van der Waals surface area contributed by atoms with Gasteiger partial charge in [-0.3, -0.25) is 9.69 Å². The molecular weight excluding hydrogens is 568 g/mol. The molecule has 0 aliphatic carbocycles. The van der Waals surface area contributed by atoms with E-state index in [4.69, 9.17) is 4.74 Å². The Morgan fingerprint density at radius 2 is 1.31 bits per heavy atom. The van der Waals surface area contributed by atoms with E-state index < -0.39 is 0 Å². The highest BCUT2D eigenvalue weighted by molar-refractivity contribution is 9.10. The molecule has 1 heterocycles. The van der Waals surface area contributed by atoms with E-state index in [1.165, 1.54) is 11.1 Å². The van der Waals surface area contributed by atoms with E-state index in [1.807, 2.05) is 35.2 Å². The van der Waals surface area contributed by atoms with E-state index in [0.29, 0.717) is 13.1 Å². The lowest BCUT2D eigenvalue weighted by molar-refractivity contribution is -0.135. The van der Waals surface area contributed by atoms with Gasteiger partial charge in [-0.25, -0.2) is 0 Å². The van der Waals surface area contributed by atoms with Crippen LogP contribution in [0, 0.1) is 0 Å². The quantitative estimate of drug-likeness (QED) is 0.250. The van der Waals surface area contributed by atoms with Crippen LogP contribution in [-0.2, 0) is 4.79 Å². The van der Waals surface area contributed by atoms with Gasteiger partial charge in [-0.2, -0.15) is 0 Å². The number of fused-ring (bicyclic) bond motifs is 1. The number of hydrogen-bond acceptors (Lipinski definition) is 3. The molecule has 0 N–H and O–H groups in total. The minimum Gasteiger partial charge on any atom is -0.484 e. The summed E-state index contributed by atoms with van der Waals surface area (Å²) in [6.07, 6.45) is 0. The molecule has 0 saturated carbocycles. The van der Waals surface area contributed by atoms with Crippen molar-refractivity contribution in [3.63, 3.8) is 0 Å². The lowest BCUT2D eigenvalue weighted by Crippen LogP contribution is -2.51. The molecule has 35 heavy (non-hydrogen) atoms. The second-order valence-electron chi connectivity index (χ2n) is 8.72. The molecule has 5 rings (SSSR count). The van der Waals surface area contributed by atoms with Crippen molar-refractivity contribution in [2.24, 2.45) is 0 Å². The number of carbonyl (C=O) groups excluding carboxylic acids is 1.